The number of nitrogens with zero attached hydrogens (tertiary/aromatic N) is 1. The van der Waals surface area contributed by atoms with Gasteiger partial charge in [0.05, 0.1) is 13.5 Å². The Hall–Kier alpha value is -1.15. The van der Waals surface area contributed by atoms with E-state index in [-0.39, 0.29) is 19.5 Å². The number of aliphatic carboxylic acids is 1. The number of carbonyl (C=O) groups excluding carboxylic acids is 1. The topological polar surface area (TPSA) is 101 Å². The van der Waals surface area contributed by atoms with Gasteiger partial charge in [-0.25, -0.2) is 12.7 Å². The minimum Gasteiger partial charge on any atom is -0.481 e. The maximum absolute atomic E-state index is 11.6. The third-order valence-electron chi connectivity index (χ3n) is 1.85. The van der Waals surface area contributed by atoms with E-state index in [9.17, 15) is 18.0 Å². The highest BCUT2D eigenvalue weighted by atomic mass is 32.2. The predicted octanol–water partition coefficient (Wildman–Crippen LogP) is -0.714. The summed E-state index contributed by atoms with van der Waals surface area (Å²) in [5.41, 5.74) is 0. The van der Waals surface area contributed by atoms with E-state index in [0.717, 1.165) is 11.4 Å². The maximum Gasteiger partial charge on any atom is 0.322 e. The second kappa shape index (κ2) is 6.44. The standard InChI is InChI=1S/C8H15NO6S/c1-3-9(5-4-7(10)11)16(13,14)6-8(12)15-2/h3-6H2,1-2H3,(H,10,11). The first kappa shape index (κ1) is 14.8. The smallest absolute Gasteiger partial charge is 0.322 e. The Kier molecular flexibility index (Phi) is 5.97. The second-order valence-electron chi connectivity index (χ2n) is 2.97. The van der Waals surface area contributed by atoms with Crippen LogP contribution in [0.1, 0.15) is 13.3 Å². The molecule has 0 bridgehead atoms. The van der Waals surface area contributed by atoms with Crippen molar-refractivity contribution in [3.63, 3.8) is 0 Å². The molecule has 94 valence electrons. The van der Waals surface area contributed by atoms with E-state index >= 15 is 0 Å². The molecule has 1 N–H and O–H groups in total. The Balaban J connectivity index is 4.55. The third kappa shape index (κ3) is 5.08. The van der Waals surface area contributed by atoms with Crippen LogP contribution < -0.4 is 0 Å². The normalized spacial score (nSPS) is 11.4. The van der Waals surface area contributed by atoms with Crippen LogP contribution in [0.3, 0.4) is 0 Å². The summed E-state index contributed by atoms with van der Waals surface area (Å²) in [6, 6.07) is 0. The number of esters is 1. The fraction of sp³-hybridized carbons (Fsp3) is 0.750. The molecule has 8 heteroatoms. The molecule has 7 nitrogen and oxygen atoms in total. The predicted molar refractivity (Wildman–Crippen MR) is 55.3 cm³/mol. The number of carboxylic acid groups (broad SMARTS) is 1. The molecule has 0 spiro atoms. The monoisotopic (exact) mass is 253 g/mol. The van der Waals surface area contributed by atoms with Crippen molar-refractivity contribution in [3.05, 3.63) is 0 Å². The first-order valence-corrected chi connectivity index (χ1v) is 6.20. The Bertz CT molecular complexity index is 350. The Labute approximate surface area is 94.0 Å². The fourth-order valence-corrected chi connectivity index (χ4v) is 2.37. The van der Waals surface area contributed by atoms with Crippen LogP contribution in [0.25, 0.3) is 0 Å². The number of carboxylic acids is 1. The van der Waals surface area contributed by atoms with Gasteiger partial charge < -0.3 is 9.84 Å². The molecular weight excluding hydrogens is 238 g/mol. The minimum absolute atomic E-state index is 0.118. The molecule has 0 aliphatic heterocycles. The number of hydrogen-bond donors (Lipinski definition) is 1. The first-order chi connectivity index (χ1) is 7.33. The zero-order valence-corrected chi connectivity index (χ0v) is 9.99. The molecule has 0 aliphatic carbocycles. The summed E-state index contributed by atoms with van der Waals surface area (Å²) < 4.78 is 28.3. The van der Waals surface area contributed by atoms with E-state index in [0.29, 0.717) is 0 Å². The summed E-state index contributed by atoms with van der Waals surface area (Å²) in [7, 11) is -2.70. The molecule has 0 aliphatic rings. The third-order valence-corrected chi connectivity index (χ3v) is 3.68. The van der Waals surface area contributed by atoms with Crippen molar-refractivity contribution in [2.24, 2.45) is 0 Å². The van der Waals surface area contributed by atoms with Gasteiger partial charge in [0.2, 0.25) is 10.0 Å². The van der Waals surface area contributed by atoms with Crippen molar-refractivity contribution in [1.29, 1.82) is 0 Å². The molecule has 0 aromatic rings. The molecule has 0 saturated carbocycles. The molecule has 0 radical (unpaired) electrons. The average molecular weight is 253 g/mol. The quantitative estimate of drug-likeness (QED) is 0.601. The molecule has 0 atom stereocenters. The summed E-state index contributed by atoms with van der Waals surface area (Å²) >= 11 is 0. The van der Waals surface area contributed by atoms with E-state index in [1.54, 1.807) is 6.92 Å². The van der Waals surface area contributed by atoms with Gasteiger partial charge in [-0.15, -0.1) is 0 Å². The highest BCUT2D eigenvalue weighted by Gasteiger charge is 2.24. The van der Waals surface area contributed by atoms with Gasteiger partial charge in [0, 0.05) is 13.1 Å². The molecule has 16 heavy (non-hydrogen) atoms. The lowest BCUT2D eigenvalue weighted by Crippen LogP contribution is -2.37. The molecule has 0 fully saturated rings. The average Bonchev–Trinajstić information content (AvgIpc) is 2.16. The molecule has 0 heterocycles. The van der Waals surface area contributed by atoms with E-state index in [1.165, 1.54) is 0 Å². The van der Waals surface area contributed by atoms with Crippen molar-refractivity contribution < 1.29 is 27.9 Å². The Morgan fingerprint density at radius 3 is 2.31 bits per heavy atom. The van der Waals surface area contributed by atoms with E-state index < -0.39 is 27.7 Å². The van der Waals surface area contributed by atoms with E-state index in [4.69, 9.17) is 5.11 Å². The maximum atomic E-state index is 11.6. The summed E-state index contributed by atoms with van der Waals surface area (Å²) in [5.74, 6) is -2.72. The lowest BCUT2D eigenvalue weighted by Gasteiger charge is -2.18. The van der Waals surface area contributed by atoms with Gasteiger partial charge in [-0.1, -0.05) is 6.92 Å². The lowest BCUT2D eigenvalue weighted by molar-refractivity contribution is -0.138. The summed E-state index contributed by atoms with van der Waals surface area (Å²) in [4.78, 5) is 21.2. The first-order valence-electron chi connectivity index (χ1n) is 4.60. The highest BCUT2D eigenvalue weighted by molar-refractivity contribution is 7.89. The van der Waals surface area contributed by atoms with Gasteiger partial charge in [-0.05, 0) is 0 Å². The molecule has 0 amide bonds. The molecule has 0 aromatic carbocycles. The molecule has 0 saturated heterocycles. The molecule has 0 unspecified atom stereocenters. The summed E-state index contributed by atoms with van der Waals surface area (Å²) in [6.07, 6.45) is -0.297. The lowest BCUT2D eigenvalue weighted by atomic mass is 10.4. The SMILES string of the molecule is CCN(CCC(=O)O)S(=O)(=O)CC(=O)OC. The van der Waals surface area contributed by atoms with Crippen LogP contribution in [0, 0.1) is 0 Å². The molecular formula is C8H15NO6S. The zero-order valence-electron chi connectivity index (χ0n) is 9.17. The van der Waals surface area contributed by atoms with Crippen molar-refractivity contribution in [2.75, 3.05) is 26.0 Å². The number of sulfonamides is 1. The Morgan fingerprint density at radius 2 is 1.94 bits per heavy atom. The van der Waals surface area contributed by atoms with Gasteiger partial charge in [0.25, 0.3) is 0 Å². The number of methoxy groups -OCH3 is 1. The van der Waals surface area contributed by atoms with Crippen molar-refractivity contribution >= 4 is 22.0 Å². The van der Waals surface area contributed by atoms with E-state index in [2.05, 4.69) is 4.74 Å². The number of carbonyl (C=O) groups is 2. The van der Waals surface area contributed by atoms with Crippen molar-refractivity contribution in [2.45, 2.75) is 13.3 Å². The van der Waals surface area contributed by atoms with Crippen LogP contribution in [0.4, 0.5) is 0 Å². The van der Waals surface area contributed by atoms with Crippen LogP contribution in [0.5, 0.6) is 0 Å². The van der Waals surface area contributed by atoms with Gasteiger partial charge in [0.15, 0.2) is 5.75 Å². The highest BCUT2D eigenvalue weighted by Crippen LogP contribution is 2.03. The minimum atomic E-state index is -3.78. The molecule has 0 rings (SSSR count). The van der Waals surface area contributed by atoms with Gasteiger partial charge in [-0.2, -0.15) is 0 Å². The Morgan fingerprint density at radius 1 is 1.38 bits per heavy atom. The van der Waals surface area contributed by atoms with Crippen molar-refractivity contribution in [3.8, 4) is 0 Å². The molecule has 0 aromatic heterocycles. The van der Waals surface area contributed by atoms with Gasteiger partial charge in [0.1, 0.15) is 0 Å². The van der Waals surface area contributed by atoms with Crippen LogP contribution in [0.15, 0.2) is 0 Å². The summed E-state index contributed by atoms with van der Waals surface area (Å²) in [6.45, 7) is 1.54. The van der Waals surface area contributed by atoms with Gasteiger partial charge >= 0.3 is 11.9 Å². The van der Waals surface area contributed by atoms with Crippen LogP contribution >= 0.6 is 0 Å². The number of ether oxygens (including phenoxy) is 1. The van der Waals surface area contributed by atoms with Crippen LogP contribution in [-0.2, 0) is 24.3 Å². The number of hydrogen-bond acceptors (Lipinski definition) is 5. The fourth-order valence-electron chi connectivity index (χ4n) is 1.01. The zero-order chi connectivity index (χ0) is 12.8. The second-order valence-corrected chi connectivity index (χ2v) is 4.94. The van der Waals surface area contributed by atoms with Crippen LogP contribution in [-0.4, -0.2) is 55.7 Å². The van der Waals surface area contributed by atoms with Crippen LogP contribution in [0.2, 0.25) is 0 Å². The summed E-state index contributed by atoms with van der Waals surface area (Å²) in [5, 5.41) is 8.44. The van der Waals surface area contributed by atoms with E-state index in [1.807, 2.05) is 0 Å². The van der Waals surface area contributed by atoms with Crippen molar-refractivity contribution in [1.82, 2.24) is 4.31 Å². The van der Waals surface area contributed by atoms with Gasteiger partial charge in [-0.3, -0.25) is 9.59 Å². The largest absolute Gasteiger partial charge is 0.481 e. The number of rotatable bonds is 7.